The molecule has 0 atom stereocenters. The molecule has 0 bridgehead atoms. The number of ether oxygens (including phenoxy) is 3. The number of nitrogens with zero attached hydrogens (tertiary/aromatic N) is 5. The topological polar surface area (TPSA) is 233 Å². The zero-order valence-electron chi connectivity index (χ0n) is 37.9. The van der Waals surface area contributed by atoms with Crippen LogP contribution in [0.1, 0.15) is 87.8 Å². The number of nitrogens with one attached hydrogen (secondary N) is 3. The number of carbonyl (C=O) groups is 1. The van der Waals surface area contributed by atoms with E-state index in [0.29, 0.717) is 74.1 Å². The smallest absolute Gasteiger partial charge is 0.415 e. The molecule has 6 rings (SSSR count). The van der Waals surface area contributed by atoms with E-state index in [-0.39, 0.29) is 37.0 Å². The fraction of sp³-hybridized carbons (Fsp3) is 0.235. The third kappa shape index (κ3) is 13.8. The Morgan fingerprint density at radius 3 is 1.81 bits per heavy atom. The minimum atomic E-state index is -0.832. The summed E-state index contributed by atoms with van der Waals surface area (Å²) in [7, 11) is 0. The van der Waals surface area contributed by atoms with Crippen LogP contribution in [-0.4, -0.2) is 33.3 Å². The van der Waals surface area contributed by atoms with Crippen molar-refractivity contribution in [3.63, 3.8) is 0 Å². The molecule has 16 heteroatoms. The van der Waals surface area contributed by atoms with E-state index in [4.69, 9.17) is 47.0 Å². The number of hydrogen-bond acceptors (Lipinski definition) is 11. The van der Waals surface area contributed by atoms with Gasteiger partial charge in [-0.25, -0.2) is 13.6 Å². The van der Waals surface area contributed by atoms with Crippen molar-refractivity contribution in [2.75, 3.05) is 10.2 Å². The molecule has 0 saturated carbocycles. The molecule has 7 N–H and O–H groups in total. The molecule has 0 saturated heterocycles. The number of nitriles is 2. The number of amides is 1. The molecule has 6 aromatic rings. The molecule has 2 aromatic heterocycles. The van der Waals surface area contributed by atoms with E-state index >= 15 is 0 Å². The van der Waals surface area contributed by atoms with Gasteiger partial charge in [-0.2, -0.15) is 10.5 Å². The van der Waals surface area contributed by atoms with Gasteiger partial charge in [-0.05, 0) is 124 Å². The maximum absolute atomic E-state index is 14.4. The summed E-state index contributed by atoms with van der Waals surface area (Å²) >= 11 is 0. The summed E-state index contributed by atoms with van der Waals surface area (Å²) in [5.74, 6) is 0.696. The van der Waals surface area contributed by atoms with Crippen molar-refractivity contribution in [2.24, 2.45) is 11.5 Å². The standard InChI is InChI=1S/C28H27FN4O3.C23H25FN6O/c1-19-26(35-18-22-7-5-6-21(12-22)15-31)25(13-29)23(16-32-19)17-33(27(34)36-28(2,3)4)24-10-8-20(14-30)9-11-24;1-14-21(31-13-15-3-2-4-17(9-15)23(27)28)20(10-24)18(11-29-14)12-30-19-7-5-16(6-8-19)22(25)26/h5-12,16H,13,17-18H2,1-4H3;2-9,11,30H,10,12-13H2,1H3,(H3,25,26)(H3,27,28). The predicted octanol–water partition coefficient (Wildman–Crippen LogP) is 9.74. The summed E-state index contributed by atoms with van der Waals surface area (Å²) in [6, 6.07) is 31.9. The van der Waals surface area contributed by atoms with Gasteiger partial charge in [-0.15, -0.1) is 0 Å². The second-order valence-corrected chi connectivity index (χ2v) is 16.2. The molecule has 0 aliphatic carbocycles. The average molecular weight is 907 g/mol. The molecule has 0 aliphatic heterocycles. The zero-order chi connectivity index (χ0) is 48.7. The number of carbonyl (C=O) groups excluding carboxylic acids is 1. The molecule has 0 radical (unpaired) electrons. The molecule has 0 fully saturated rings. The Bertz CT molecular complexity index is 2800. The number of alkyl halides is 2. The van der Waals surface area contributed by atoms with E-state index in [0.717, 1.165) is 16.8 Å². The highest BCUT2D eigenvalue weighted by atomic mass is 19.1. The highest BCUT2D eigenvalue weighted by Crippen LogP contribution is 2.31. The van der Waals surface area contributed by atoms with Gasteiger partial charge in [0.25, 0.3) is 0 Å². The summed E-state index contributed by atoms with van der Waals surface area (Å²) in [4.78, 5) is 23.2. The summed E-state index contributed by atoms with van der Waals surface area (Å²) in [6.45, 7) is 7.93. The van der Waals surface area contributed by atoms with Crippen molar-refractivity contribution >= 4 is 29.1 Å². The van der Waals surface area contributed by atoms with Crippen LogP contribution < -0.4 is 31.2 Å². The van der Waals surface area contributed by atoms with Crippen LogP contribution in [0, 0.1) is 47.3 Å². The lowest BCUT2D eigenvalue weighted by Crippen LogP contribution is -2.36. The first-order chi connectivity index (χ1) is 32.0. The van der Waals surface area contributed by atoms with Gasteiger partial charge in [-0.3, -0.25) is 25.7 Å². The van der Waals surface area contributed by atoms with E-state index in [1.807, 2.05) is 30.3 Å². The van der Waals surface area contributed by atoms with Crippen LogP contribution in [-0.2, 0) is 44.4 Å². The number of aromatic nitrogens is 2. The number of amidine groups is 2. The number of hydrogen-bond donors (Lipinski definition) is 5. The molecular weight excluding hydrogens is 855 g/mol. The van der Waals surface area contributed by atoms with Crippen molar-refractivity contribution in [1.82, 2.24) is 9.97 Å². The van der Waals surface area contributed by atoms with E-state index in [1.165, 1.54) is 11.1 Å². The maximum atomic E-state index is 14.4. The van der Waals surface area contributed by atoms with Crippen molar-refractivity contribution in [3.05, 3.63) is 176 Å². The highest BCUT2D eigenvalue weighted by molar-refractivity contribution is 5.95. The molecule has 0 aliphatic rings. The molecular formula is C51H52F2N10O4. The number of rotatable bonds is 16. The Kier molecular flexibility index (Phi) is 17.0. The van der Waals surface area contributed by atoms with Crippen LogP contribution in [0.4, 0.5) is 25.0 Å². The zero-order valence-corrected chi connectivity index (χ0v) is 37.9. The first kappa shape index (κ1) is 49.6. The fourth-order valence-corrected chi connectivity index (χ4v) is 6.62. The summed E-state index contributed by atoms with van der Waals surface area (Å²) in [5.41, 5.74) is 18.3. The Balaban J connectivity index is 0.000000254. The molecule has 4 aromatic carbocycles. The van der Waals surface area contributed by atoms with E-state index in [1.54, 1.807) is 114 Å². The van der Waals surface area contributed by atoms with Gasteiger partial charge in [0, 0.05) is 52.6 Å². The first-order valence-corrected chi connectivity index (χ1v) is 21.0. The van der Waals surface area contributed by atoms with Gasteiger partial charge in [0.15, 0.2) is 0 Å². The number of nitrogen functional groups attached to an aromatic ring is 2. The number of aryl methyl sites for hydroxylation is 2. The Morgan fingerprint density at radius 1 is 0.731 bits per heavy atom. The summed E-state index contributed by atoms with van der Waals surface area (Å²) in [6.07, 6.45) is 2.55. The fourth-order valence-electron chi connectivity index (χ4n) is 6.62. The highest BCUT2D eigenvalue weighted by Gasteiger charge is 2.26. The van der Waals surface area contributed by atoms with Crippen LogP contribution in [0.3, 0.4) is 0 Å². The van der Waals surface area contributed by atoms with Gasteiger partial charge in [-0.1, -0.05) is 30.3 Å². The lowest BCUT2D eigenvalue weighted by atomic mass is 10.1. The molecule has 344 valence electrons. The van der Waals surface area contributed by atoms with Crippen molar-refractivity contribution in [2.45, 2.75) is 79.9 Å². The molecule has 14 nitrogen and oxygen atoms in total. The van der Waals surface area contributed by atoms with Crippen LogP contribution in [0.15, 0.2) is 109 Å². The second kappa shape index (κ2) is 23.0. The van der Waals surface area contributed by atoms with Crippen molar-refractivity contribution in [3.8, 4) is 23.6 Å². The van der Waals surface area contributed by atoms with Gasteiger partial charge in [0.1, 0.15) is 55.3 Å². The van der Waals surface area contributed by atoms with E-state index in [9.17, 15) is 13.6 Å². The second-order valence-electron chi connectivity index (χ2n) is 16.2. The SMILES string of the molecule is Cc1ncc(CN(C(=O)OC(C)(C)C)c2ccc(C#N)cc2)c(CF)c1OCc1cccc(C#N)c1.Cc1ncc(CNc2ccc(C(=N)N)cc2)c(CF)c1OCc1cccc(C(=N)N)c1. The molecule has 1 amide bonds. The van der Waals surface area contributed by atoms with Gasteiger partial charge >= 0.3 is 6.09 Å². The van der Waals surface area contributed by atoms with Gasteiger partial charge in [0.05, 0.1) is 41.2 Å². The monoisotopic (exact) mass is 906 g/mol. The van der Waals surface area contributed by atoms with E-state index in [2.05, 4.69) is 21.4 Å². The lowest BCUT2D eigenvalue weighted by Gasteiger charge is -2.28. The normalized spacial score (nSPS) is 10.6. The molecule has 2 heterocycles. The Labute approximate surface area is 388 Å². The Morgan fingerprint density at radius 2 is 1.27 bits per heavy atom. The van der Waals surface area contributed by atoms with Gasteiger partial charge in [0.2, 0.25) is 0 Å². The number of benzene rings is 4. The van der Waals surface area contributed by atoms with E-state index < -0.39 is 25.0 Å². The number of anilines is 2. The van der Waals surface area contributed by atoms with Crippen molar-refractivity contribution in [1.29, 1.82) is 21.3 Å². The van der Waals surface area contributed by atoms with Crippen LogP contribution >= 0.6 is 0 Å². The first-order valence-electron chi connectivity index (χ1n) is 21.0. The molecule has 0 spiro atoms. The number of halogens is 2. The number of pyridine rings is 2. The summed E-state index contributed by atoms with van der Waals surface area (Å²) in [5, 5.41) is 36.5. The third-order valence-electron chi connectivity index (χ3n) is 10.1. The lowest BCUT2D eigenvalue weighted by molar-refractivity contribution is 0.0577. The van der Waals surface area contributed by atoms with Crippen LogP contribution in [0.2, 0.25) is 0 Å². The Hall–Kier alpha value is -8.37. The quantitative estimate of drug-likeness (QED) is 0.0453. The van der Waals surface area contributed by atoms with Gasteiger partial charge < -0.3 is 31.0 Å². The van der Waals surface area contributed by atoms with Crippen LogP contribution in [0.25, 0.3) is 0 Å². The molecule has 0 unspecified atom stereocenters. The average Bonchev–Trinajstić information content (AvgIpc) is 3.32. The third-order valence-corrected chi connectivity index (χ3v) is 10.1. The maximum Gasteiger partial charge on any atom is 0.415 e. The number of nitrogens with two attached hydrogens (primary N) is 2. The molecule has 67 heavy (non-hydrogen) atoms. The van der Waals surface area contributed by atoms with Crippen LogP contribution in [0.5, 0.6) is 11.5 Å². The largest absolute Gasteiger partial charge is 0.487 e. The minimum absolute atomic E-state index is 0.00429. The minimum Gasteiger partial charge on any atom is -0.487 e. The summed E-state index contributed by atoms with van der Waals surface area (Å²) < 4.78 is 45.8. The predicted molar refractivity (Wildman–Crippen MR) is 253 cm³/mol. The van der Waals surface area contributed by atoms with Crippen molar-refractivity contribution < 1.29 is 27.8 Å².